The van der Waals surface area contributed by atoms with Crippen LogP contribution in [-0.4, -0.2) is 30.8 Å². The van der Waals surface area contributed by atoms with E-state index in [1.165, 1.54) is 10.5 Å². The fraction of sp³-hybridized carbons (Fsp3) is 0.615. The fourth-order valence-corrected chi connectivity index (χ4v) is 4.12. The van der Waals surface area contributed by atoms with Crippen molar-refractivity contribution in [1.82, 2.24) is 9.29 Å². The van der Waals surface area contributed by atoms with E-state index in [1.807, 2.05) is 0 Å². The highest BCUT2D eigenvalue weighted by Gasteiger charge is 2.32. The molecule has 2 rings (SSSR count). The third-order valence-corrected chi connectivity index (χ3v) is 5.92. The van der Waals surface area contributed by atoms with Crippen LogP contribution in [-0.2, 0) is 10.0 Å². The molecule has 7 heteroatoms. The van der Waals surface area contributed by atoms with Crippen LogP contribution in [0.5, 0.6) is 0 Å². The summed E-state index contributed by atoms with van der Waals surface area (Å²) in [6.45, 7) is 2.21. The van der Waals surface area contributed by atoms with E-state index in [1.54, 1.807) is 19.2 Å². The number of aromatic nitrogens is 1. The van der Waals surface area contributed by atoms with Gasteiger partial charge in [-0.15, -0.1) is 0 Å². The average molecular weight is 298 g/mol. The van der Waals surface area contributed by atoms with Crippen LogP contribution in [0.15, 0.2) is 23.4 Å². The second-order valence-electron chi connectivity index (χ2n) is 5.44. The molecule has 0 radical (unpaired) electrons. The number of hydrogen-bond acceptors (Lipinski definition) is 5. The molecular formula is C13H22N4O2S. The summed E-state index contributed by atoms with van der Waals surface area (Å²) >= 11 is 0. The number of rotatable bonds is 4. The quantitative estimate of drug-likeness (QED) is 0.650. The van der Waals surface area contributed by atoms with Gasteiger partial charge in [0.2, 0.25) is 0 Å². The molecule has 0 saturated heterocycles. The Bertz CT molecular complexity index is 553. The predicted molar refractivity (Wildman–Crippen MR) is 78.4 cm³/mol. The molecule has 1 heterocycles. The lowest BCUT2D eigenvalue weighted by Crippen LogP contribution is -2.39. The Labute approximate surface area is 120 Å². The van der Waals surface area contributed by atoms with Crippen molar-refractivity contribution in [3.63, 3.8) is 0 Å². The van der Waals surface area contributed by atoms with Gasteiger partial charge in [-0.2, -0.15) is 4.31 Å². The predicted octanol–water partition coefficient (Wildman–Crippen LogP) is 1.57. The Morgan fingerprint density at radius 3 is 2.60 bits per heavy atom. The van der Waals surface area contributed by atoms with Gasteiger partial charge in [0.05, 0.1) is 5.69 Å². The fourth-order valence-electron chi connectivity index (χ4n) is 2.64. The van der Waals surface area contributed by atoms with Gasteiger partial charge >= 0.3 is 0 Å². The van der Waals surface area contributed by atoms with E-state index < -0.39 is 10.0 Å². The number of hydrogen-bond donors (Lipinski definition) is 2. The van der Waals surface area contributed by atoms with E-state index in [9.17, 15) is 8.42 Å². The Balaban J connectivity index is 2.25. The highest BCUT2D eigenvalue weighted by molar-refractivity contribution is 7.89. The van der Waals surface area contributed by atoms with Crippen molar-refractivity contribution in [1.29, 1.82) is 0 Å². The number of hydrazine groups is 1. The summed E-state index contributed by atoms with van der Waals surface area (Å²) in [4.78, 5) is 3.98. The maximum Gasteiger partial charge on any atom is 0.262 e. The van der Waals surface area contributed by atoms with Crippen LogP contribution in [0.1, 0.15) is 32.6 Å². The lowest BCUT2D eigenvalue weighted by Gasteiger charge is -2.32. The van der Waals surface area contributed by atoms with Gasteiger partial charge < -0.3 is 5.43 Å². The molecule has 0 unspecified atom stereocenters. The molecule has 1 saturated carbocycles. The first-order valence-corrected chi connectivity index (χ1v) is 8.30. The summed E-state index contributed by atoms with van der Waals surface area (Å²) in [5.41, 5.74) is 2.72. The second kappa shape index (κ2) is 6.07. The third kappa shape index (κ3) is 2.94. The summed E-state index contributed by atoms with van der Waals surface area (Å²) in [7, 11) is -1.99. The van der Waals surface area contributed by atoms with Gasteiger partial charge in [0.1, 0.15) is 0 Å². The van der Waals surface area contributed by atoms with Crippen LogP contribution in [0.25, 0.3) is 0 Å². The summed E-state index contributed by atoms with van der Waals surface area (Å²) < 4.78 is 26.8. The standard InChI is InChI=1S/C13H22N4O2S/c1-10-5-7-11(8-6-10)17(2)20(18,19)13-12(16-14)4-3-9-15-13/h3-4,9-11,16H,5-8,14H2,1-2H3. The van der Waals surface area contributed by atoms with Crippen LogP contribution in [0, 0.1) is 5.92 Å². The van der Waals surface area contributed by atoms with Gasteiger partial charge in [0.25, 0.3) is 10.0 Å². The lowest BCUT2D eigenvalue weighted by atomic mass is 9.87. The van der Waals surface area contributed by atoms with Gasteiger partial charge in [-0.3, -0.25) is 5.84 Å². The number of anilines is 1. The Kier molecular flexibility index (Phi) is 4.62. The Morgan fingerprint density at radius 2 is 2.00 bits per heavy atom. The zero-order chi connectivity index (χ0) is 14.8. The molecule has 112 valence electrons. The highest BCUT2D eigenvalue weighted by Crippen LogP contribution is 2.30. The monoisotopic (exact) mass is 298 g/mol. The van der Waals surface area contributed by atoms with Gasteiger partial charge in [-0.05, 0) is 43.7 Å². The van der Waals surface area contributed by atoms with E-state index in [0.717, 1.165) is 25.7 Å². The van der Waals surface area contributed by atoms with Crippen molar-refractivity contribution in [2.24, 2.45) is 11.8 Å². The first-order chi connectivity index (χ1) is 9.46. The largest absolute Gasteiger partial charge is 0.321 e. The Hall–Kier alpha value is -1.18. The minimum atomic E-state index is -3.62. The van der Waals surface area contributed by atoms with Crippen molar-refractivity contribution in [2.45, 2.75) is 43.7 Å². The van der Waals surface area contributed by atoms with E-state index >= 15 is 0 Å². The van der Waals surface area contributed by atoms with Crippen LogP contribution >= 0.6 is 0 Å². The third-order valence-electron chi connectivity index (χ3n) is 4.05. The highest BCUT2D eigenvalue weighted by atomic mass is 32.2. The Morgan fingerprint density at radius 1 is 1.35 bits per heavy atom. The normalized spacial score (nSPS) is 23.8. The molecule has 0 amide bonds. The van der Waals surface area contributed by atoms with Gasteiger partial charge in [0, 0.05) is 19.3 Å². The number of nitrogens with zero attached hydrogens (tertiary/aromatic N) is 2. The van der Waals surface area contributed by atoms with Crippen molar-refractivity contribution in [3.8, 4) is 0 Å². The average Bonchev–Trinajstić information content (AvgIpc) is 2.47. The zero-order valence-corrected chi connectivity index (χ0v) is 12.7. The molecule has 1 aliphatic rings. The van der Waals surface area contributed by atoms with E-state index in [-0.39, 0.29) is 11.1 Å². The summed E-state index contributed by atoms with van der Waals surface area (Å²) in [6, 6.07) is 3.30. The molecule has 1 fully saturated rings. The maximum atomic E-state index is 12.7. The maximum absolute atomic E-state index is 12.7. The number of nitrogens with two attached hydrogens (primary N) is 1. The first kappa shape index (κ1) is 15.2. The molecule has 0 atom stereocenters. The van der Waals surface area contributed by atoms with Crippen molar-refractivity contribution in [2.75, 3.05) is 12.5 Å². The van der Waals surface area contributed by atoms with Crippen LogP contribution in [0.3, 0.4) is 0 Å². The first-order valence-electron chi connectivity index (χ1n) is 6.86. The summed E-state index contributed by atoms with van der Waals surface area (Å²) in [5.74, 6) is 6.05. The van der Waals surface area contributed by atoms with E-state index in [0.29, 0.717) is 11.6 Å². The molecular weight excluding hydrogens is 276 g/mol. The molecule has 6 nitrogen and oxygen atoms in total. The second-order valence-corrected chi connectivity index (χ2v) is 7.35. The molecule has 1 aliphatic carbocycles. The van der Waals surface area contributed by atoms with Crippen LogP contribution in [0.4, 0.5) is 5.69 Å². The molecule has 0 spiro atoms. The number of nitrogens with one attached hydrogen (secondary N) is 1. The van der Waals surface area contributed by atoms with Crippen molar-refractivity contribution in [3.05, 3.63) is 18.3 Å². The number of nitrogen functional groups attached to an aromatic ring is 1. The van der Waals surface area contributed by atoms with Crippen LogP contribution < -0.4 is 11.3 Å². The topological polar surface area (TPSA) is 88.3 Å². The number of pyridine rings is 1. The zero-order valence-electron chi connectivity index (χ0n) is 11.9. The summed E-state index contributed by atoms with van der Waals surface area (Å²) in [6.07, 6.45) is 5.39. The molecule has 1 aromatic rings. The minimum absolute atomic E-state index is 0.0105. The molecule has 0 bridgehead atoms. The van der Waals surface area contributed by atoms with Gasteiger partial charge in [-0.1, -0.05) is 6.92 Å². The lowest BCUT2D eigenvalue weighted by molar-refractivity contribution is 0.245. The van der Waals surface area contributed by atoms with Crippen LogP contribution in [0.2, 0.25) is 0 Å². The van der Waals surface area contributed by atoms with Gasteiger partial charge in [0.15, 0.2) is 5.03 Å². The smallest absolute Gasteiger partial charge is 0.262 e. The van der Waals surface area contributed by atoms with Gasteiger partial charge in [-0.25, -0.2) is 13.4 Å². The van der Waals surface area contributed by atoms with Crippen molar-refractivity contribution < 1.29 is 8.42 Å². The summed E-state index contributed by atoms with van der Waals surface area (Å²) in [5, 5.41) is -0.0105. The number of sulfonamides is 1. The van der Waals surface area contributed by atoms with E-state index in [2.05, 4.69) is 17.3 Å². The molecule has 1 aromatic heterocycles. The molecule has 20 heavy (non-hydrogen) atoms. The molecule has 0 aliphatic heterocycles. The van der Waals surface area contributed by atoms with Crippen molar-refractivity contribution >= 4 is 15.7 Å². The molecule has 3 N–H and O–H groups in total. The molecule has 0 aromatic carbocycles. The van der Waals surface area contributed by atoms with E-state index in [4.69, 9.17) is 5.84 Å². The minimum Gasteiger partial charge on any atom is -0.321 e. The SMILES string of the molecule is CC1CCC(N(C)S(=O)(=O)c2ncccc2NN)CC1.